The number of anilines is 1. The average molecular weight is 583 g/mol. The number of amides is 2. The number of carbonyl (C=O) groups is 2. The number of aryl methyl sites for hydroxylation is 2. The summed E-state index contributed by atoms with van der Waals surface area (Å²) >= 11 is 12.5. The number of hydrogen-bond donors (Lipinski definition) is 1. The first-order valence-electron chi connectivity index (χ1n) is 13.0. The summed E-state index contributed by atoms with van der Waals surface area (Å²) < 4.78 is 26.9. The molecular weight excluding hydrogens is 545 g/mol. The van der Waals surface area contributed by atoms with Crippen LogP contribution in [0, 0.1) is 13.8 Å². The summed E-state index contributed by atoms with van der Waals surface area (Å²) in [6.45, 7) is 5.10. The molecule has 1 atom stereocenters. The molecule has 2 aromatic carbocycles. The molecule has 3 rings (SSSR count). The van der Waals surface area contributed by atoms with Gasteiger partial charge < -0.3 is 10.2 Å². The molecule has 0 spiro atoms. The van der Waals surface area contributed by atoms with E-state index in [0.29, 0.717) is 27.7 Å². The lowest BCUT2D eigenvalue weighted by Gasteiger charge is -2.34. The number of benzene rings is 2. The summed E-state index contributed by atoms with van der Waals surface area (Å²) in [5.41, 5.74) is 2.65. The smallest absolute Gasteiger partial charge is 0.244 e. The lowest BCUT2D eigenvalue weighted by molar-refractivity contribution is -0.140. The molecule has 208 valence electrons. The number of halogens is 2. The fraction of sp³-hybridized carbons (Fsp3) is 0.500. The molecule has 0 aromatic heterocycles. The highest BCUT2D eigenvalue weighted by molar-refractivity contribution is 7.92. The molecule has 1 aliphatic carbocycles. The second-order valence-electron chi connectivity index (χ2n) is 10.1. The Labute approximate surface area is 236 Å². The number of hydrogen-bond acceptors (Lipinski definition) is 4. The van der Waals surface area contributed by atoms with Gasteiger partial charge in [0.1, 0.15) is 12.6 Å². The van der Waals surface area contributed by atoms with Gasteiger partial charge in [0.2, 0.25) is 21.8 Å². The molecule has 2 aromatic rings. The van der Waals surface area contributed by atoms with E-state index >= 15 is 0 Å². The van der Waals surface area contributed by atoms with E-state index in [4.69, 9.17) is 23.2 Å². The van der Waals surface area contributed by atoms with Gasteiger partial charge >= 0.3 is 0 Å². The number of sulfonamides is 1. The first-order chi connectivity index (χ1) is 17.9. The van der Waals surface area contributed by atoms with Crippen LogP contribution in [0.5, 0.6) is 0 Å². The topological polar surface area (TPSA) is 86.8 Å². The first kappa shape index (κ1) is 30.3. The van der Waals surface area contributed by atoms with Gasteiger partial charge in [-0.2, -0.15) is 0 Å². The third-order valence-corrected chi connectivity index (χ3v) is 8.72. The van der Waals surface area contributed by atoms with Crippen molar-refractivity contribution in [2.45, 2.75) is 77.9 Å². The summed E-state index contributed by atoms with van der Waals surface area (Å²) in [5, 5.41) is 3.95. The fourth-order valence-electron chi connectivity index (χ4n) is 4.88. The standard InChI is InChI=1S/C28H37Cl2N3O4S/c1-5-25(28(35)31-23-9-7-6-8-10-23)32(17-21-13-14-22(29)16-24(21)30)27(34)18-33(38(4,36)37)26-15-19(2)11-12-20(26)3/h11-16,23,25H,5-10,17-18H2,1-4H3,(H,31,35)/t25-/m1/s1. The number of nitrogens with zero attached hydrogens (tertiary/aromatic N) is 2. The molecule has 1 fully saturated rings. The third kappa shape index (κ3) is 7.87. The molecule has 1 N–H and O–H groups in total. The van der Waals surface area contributed by atoms with Gasteiger partial charge in [-0.1, -0.05) is 67.6 Å². The van der Waals surface area contributed by atoms with Gasteiger partial charge in [0, 0.05) is 22.6 Å². The zero-order valence-electron chi connectivity index (χ0n) is 22.5. The fourth-order valence-corrected chi connectivity index (χ4v) is 6.25. The maximum Gasteiger partial charge on any atom is 0.244 e. The molecule has 0 bridgehead atoms. The van der Waals surface area contributed by atoms with E-state index in [1.54, 1.807) is 31.2 Å². The normalized spacial score (nSPS) is 15.1. The van der Waals surface area contributed by atoms with Crippen LogP contribution in [0.4, 0.5) is 5.69 Å². The number of nitrogens with one attached hydrogen (secondary N) is 1. The van der Waals surface area contributed by atoms with Crippen molar-refractivity contribution >= 4 is 50.7 Å². The molecule has 1 aliphatic rings. The minimum Gasteiger partial charge on any atom is -0.352 e. The van der Waals surface area contributed by atoms with E-state index in [1.165, 1.54) is 4.90 Å². The van der Waals surface area contributed by atoms with Crippen LogP contribution in [0.3, 0.4) is 0 Å². The monoisotopic (exact) mass is 581 g/mol. The van der Waals surface area contributed by atoms with E-state index < -0.39 is 28.5 Å². The van der Waals surface area contributed by atoms with E-state index in [-0.39, 0.29) is 18.5 Å². The predicted octanol–water partition coefficient (Wildman–Crippen LogP) is 5.63. The summed E-state index contributed by atoms with van der Waals surface area (Å²) in [4.78, 5) is 28.8. The molecular formula is C28H37Cl2N3O4S. The molecule has 0 aliphatic heterocycles. The van der Waals surface area contributed by atoms with Gasteiger partial charge in [0.15, 0.2) is 0 Å². The average Bonchev–Trinajstić information content (AvgIpc) is 2.85. The third-order valence-electron chi connectivity index (χ3n) is 7.01. The molecule has 2 amide bonds. The maximum atomic E-state index is 13.9. The van der Waals surface area contributed by atoms with Crippen molar-refractivity contribution in [3.8, 4) is 0 Å². The summed E-state index contributed by atoms with van der Waals surface area (Å²) in [6.07, 6.45) is 6.53. The van der Waals surface area contributed by atoms with Crippen molar-refractivity contribution in [1.29, 1.82) is 0 Å². The van der Waals surface area contributed by atoms with E-state index in [1.807, 2.05) is 26.0 Å². The van der Waals surface area contributed by atoms with Crippen molar-refractivity contribution in [3.05, 3.63) is 63.1 Å². The summed E-state index contributed by atoms with van der Waals surface area (Å²) in [5.74, 6) is -0.733. The number of carbonyl (C=O) groups excluding carboxylic acids is 2. The quantitative estimate of drug-likeness (QED) is 0.393. The van der Waals surface area contributed by atoms with Gasteiger partial charge in [-0.25, -0.2) is 8.42 Å². The Morgan fingerprint density at radius 1 is 1.05 bits per heavy atom. The van der Waals surface area contributed by atoms with Crippen LogP contribution in [0.1, 0.15) is 62.1 Å². The highest BCUT2D eigenvalue weighted by atomic mass is 35.5. The molecule has 10 heteroatoms. The minimum absolute atomic E-state index is 0.0375. The van der Waals surface area contributed by atoms with Crippen LogP contribution in [0.15, 0.2) is 36.4 Å². The lowest BCUT2D eigenvalue weighted by atomic mass is 9.95. The van der Waals surface area contributed by atoms with Crippen LogP contribution in [-0.4, -0.2) is 50.0 Å². The molecule has 0 radical (unpaired) electrons. The Kier molecular flexibility index (Phi) is 10.5. The van der Waals surface area contributed by atoms with Crippen LogP contribution < -0.4 is 9.62 Å². The van der Waals surface area contributed by atoms with Crippen LogP contribution >= 0.6 is 23.2 Å². The van der Waals surface area contributed by atoms with Crippen molar-refractivity contribution in [3.63, 3.8) is 0 Å². The second kappa shape index (κ2) is 13.2. The highest BCUT2D eigenvalue weighted by Crippen LogP contribution is 2.27. The van der Waals surface area contributed by atoms with Crippen molar-refractivity contribution in [2.24, 2.45) is 0 Å². The van der Waals surface area contributed by atoms with Crippen LogP contribution in [0.2, 0.25) is 10.0 Å². The van der Waals surface area contributed by atoms with Crippen molar-refractivity contribution in [1.82, 2.24) is 10.2 Å². The van der Waals surface area contributed by atoms with Crippen molar-refractivity contribution < 1.29 is 18.0 Å². The van der Waals surface area contributed by atoms with Gasteiger partial charge in [0.25, 0.3) is 0 Å². The zero-order valence-corrected chi connectivity index (χ0v) is 24.8. The molecule has 7 nitrogen and oxygen atoms in total. The first-order valence-corrected chi connectivity index (χ1v) is 15.6. The zero-order chi connectivity index (χ0) is 28.0. The molecule has 0 heterocycles. The van der Waals surface area contributed by atoms with Gasteiger partial charge in [-0.15, -0.1) is 0 Å². The molecule has 1 saturated carbocycles. The Hall–Kier alpha value is -2.29. The molecule has 0 saturated heterocycles. The maximum absolute atomic E-state index is 13.9. The Morgan fingerprint density at radius 2 is 1.74 bits per heavy atom. The largest absolute Gasteiger partial charge is 0.352 e. The predicted molar refractivity (Wildman–Crippen MR) is 154 cm³/mol. The van der Waals surface area contributed by atoms with E-state index in [2.05, 4.69) is 5.32 Å². The van der Waals surface area contributed by atoms with Gasteiger partial charge in [-0.05, 0) is 68.0 Å². The Bertz CT molecular complexity index is 1260. The molecule has 0 unspecified atom stereocenters. The lowest BCUT2D eigenvalue weighted by Crippen LogP contribution is -2.54. The second-order valence-corrected chi connectivity index (χ2v) is 12.8. The van der Waals surface area contributed by atoms with Crippen LogP contribution in [-0.2, 0) is 26.2 Å². The van der Waals surface area contributed by atoms with Crippen molar-refractivity contribution in [2.75, 3.05) is 17.1 Å². The number of rotatable bonds is 10. The van der Waals surface area contributed by atoms with Gasteiger partial charge in [-0.3, -0.25) is 13.9 Å². The van der Waals surface area contributed by atoms with Crippen LogP contribution in [0.25, 0.3) is 0 Å². The van der Waals surface area contributed by atoms with E-state index in [9.17, 15) is 18.0 Å². The highest BCUT2D eigenvalue weighted by Gasteiger charge is 2.33. The SMILES string of the molecule is CC[C@H](C(=O)NC1CCCCC1)N(Cc1ccc(Cl)cc1Cl)C(=O)CN(c1cc(C)ccc1C)S(C)(=O)=O. The van der Waals surface area contributed by atoms with Gasteiger partial charge in [0.05, 0.1) is 11.9 Å². The van der Waals surface area contributed by atoms with E-state index in [0.717, 1.165) is 53.8 Å². The Morgan fingerprint density at radius 3 is 2.34 bits per heavy atom. The Balaban J connectivity index is 1.97. The summed E-state index contributed by atoms with van der Waals surface area (Å²) in [6, 6.07) is 9.72. The summed E-state index contributed by atoms with van der Waals surface area (Å²) in [7, 11) is -3.81. The minimum atomic E-state index is -3.81. The molecule has 38 heavy (non-hydrogen) atoms.